The fourth-order valence-electron chi connectivity index (χ4n) is 3.51. The van der Waals surface area contributed by atoms with E-state index >= 15 is 0 Å². The van der Waals surface area contributed by atoms with Gasteiger partial charge in [-0.15, -0.1) is 0 Å². The Bertz CT molecular complexity index is 1210. The molecule has 0 heterocycles. The molecule has 0 aliphatic rings. The summed E-state index contributed by atoms with van der Waals surface area (Å²) in [6, 6.07) is 34.8. The van der Waals surface area contributed by atoms with E-state index in [-0.39, 0.29) is 6.16 Å². The standard InChI is InChI=1S/C30H27O3P/c1-4-34(31,32-29-19-15-27(16-20-29)23(2)25-11-7-5-8-12-25)33-30-21-17-28(18-22-30)24(3)26-13-9-6-10-14-26/h5-22H,2-4H2,1H3. The molecule has 3 nitrogen and oxygen atoms in total. The summed E-state index contributed by atoms with van der Waals surface area (Å²) < 4.78 is 25.0. The first kappa shape index (κ1) is 23.4. The molecule has 0 amide bonds. The first-order valence-electron chi connectivity index (χ1n) is 11.2. The number of hydrogen-bond donors (Lipinski definition) is 0. The van der Waals surface area contributed by atoms with Crippen LogP contribution < -0.4 is 9.05 Å². The third kappa shape index (κ3) is 5.57. The van der Waals surface area contributed by atoms with Gasteiger partial charge in [-0.3, -0.25) is 0 Å². The van der Waals surface area contributed by atoms with Crippen LogP contribution in [-0.4, -0.2) is 6.16 Å². The Kier molecular flexibility index (Phi) is 7.15. The summed E-state index contributed by atoms with van der Waals surface area (Å²) in [5.41, 5.74) is 5.88. The summed E-state index contributed by atoms with van der Waals surface area (Å²) in [7, 11) is -3.38. The van der Waals surface area contributed by atoms with Crippen LogP contribution in [0.25, 0.3) is 11.1 Å². The highest BCUT2D eigenvalue weighted by Crippen LogP contribution is 2.48. The summed E-state index contributed by atoms with van der Waals surface area (Å²) in [5.74, 6) is 0.979. The van der Waals surface area contributed by atoms with E-state index in [0.717, 1.165) is 33.4 Å². The van der Waals surface area contributed by atoms with Crippen LogP contribution in [-0.2, 0) is 4.57 Å². The van der Waals surface area contributed by atoms with Crippen molar-refractivity contribution in [3.8, 4) is 11.5 Å². The second-order valence-electron chi connectivity index (χ2n) is 7.85. The van der Waals surface area contributed by atoms with Gasteiger partial charge in [0.15, 0.2) is 0 Å². The Morgan fingerprint density at radius 1 is 0.588 bits per heavy atom. The smallest absolute Gasteiger partial charge is 0.416 e. The molecule has 0 unspecified atom stereocenters. The van der Waals surface area contributed by atoms with Crippen molar-refractivity contribution in [1.82, 2.24) is 0 Å². The largest absolute Gasteiger partial charge is 0.430 e. The van der Waals surface area contributed by atoms with Gasteiger partial charge < -0.3 is 9.05 Å². The van der Waals surface area contributed by atoms with Crippen molar-refractivity contribution in [3.05, 3.63) is 145 Å². The molecule has 4 rings (SSSR count). The van der Waals surface area contributed by atoms with Gasteiger partial charge in [-0.05, 0) is 57.7 Å². The van der Waals surface area contributed by atoms with Crippen LogP contribution in [0.15, 0.2) is 122 Å². The summed E-state index contributed by atoms with van der Waals surface area (Å²) in [5, 5.41) is 0. The van der Waals surface area contributed by atoms with Gasteiger partial charge in [-0.25, -0.2) is 4.57 Å². The average Bonchev–Trinajstić information content (AvgIpc) is 2.90. The number of benzene rings is 4. The second kappa shape index (κ2) is 10.4. The SMILES string of the molecule is C=C(c1ccccc1)c1ccc(OP(=O)(CC)Oc2ccc(C(=C)c3ccccc3)cc2)cc1. The van der Waals surface area contributed by atoms with Gasteiger partial charge in [0.2, 0.25) is 0 Å². The van der Waals surface area contributed by atoms with Crippen LogP contribution in [0.3, 0.4) is 0 Å². The van der Waals surface area contributed by atoms with Crippen molar-refractivity contribution < 1.29 is 13.6 Å². The quantitative estimate of drug-likeness (QED) is 0.232. The van der Waals surface area contributed by atoms with E-state index in [4.69, 9.17) is 9.05 Å². The maximum absolute atomic E-state index is 13.3. The highest BCUT2D eigenvalue weighted by atomic mass is 31.2. The molecule has 0 aromatic heterocycles. The molecular formula is C30H27O3P. The van der Waals surface area contributed by atoms with E-state index < -0.39 is 7.60 Å². The summed E-state index contributed by atoms with van der Waals surface area (Å²) in [6.45, 7) is 10.2. The molecule has 4 heteroatoms. The molecule has 0 aliphatic carbocycles. The Hall–Kier alpha value is -3.81. The summed E-state index contributed by atoms with van der Waals surface area (Å²) in [4.78, 5) is 0. The lowest BCUT2D eigenvalue weighted by Crippen LogP contribution is -2.03. The zero-order valence-corrected chi connectivity index (χ0v) is 20.1. The zero-order chi connectivity index (χ0) is 24.0. The molecule has 4 aromatic rings. The molecule has 0 saturated heterocycles. The molecule has 0 saturated carbocycles. The monoisotopic (exact) mass is 466 g/mol. The van der Waals surface area contributed by atoms with Crippen LogP contribution >= 0.6 is 7.60 Å². The van der Waals surface area contributed by atoms with Gasteiger partial charge in [-0.2, -0.15) is 0 Å². The zero-order valence-electron chi connectivity index (χ0n) is 19.2. The van der Waals surface area contributed by atoms with Gasteiger partial charge in [-0.1, -0.05) is 105 Å². The molecule has 4 aromatic carbocycles. The topological polar surface area (TPSA) is 35.5 Å². The maximum Gasteiger partial charge on any atom is 0.430 e. The van der Waals surface area contributed by atoms with Crippen molar-refractivity contribution in [3.63, 3.8) is 0 Å². The highest BCUT2D eigenvalue weighted by Gasteiger charge is 2.25. The minimum Gasteiger partial charge on any atom is -0.416 e. The van der Waals surface area contributed by atoms with Crippen molar-refractivity contribution in [2.24, 2.45) is 0 Å². The van der Waals surface area contributed by atoms with Gasteiger partial charge >= 0.3 is 7.60 Å². The van der Waals surface area contributed by atoms with Crippen LogP contribution in [0.4, 0.5) is 0 Å². The molecule has 34 heavy (non-hydrogen) atoms. The van der Waals surface area contributed by atoms with E-state index in [1.165, 1.54) is 0 Å². The molecule has 0 N–H and O–H groups in total. The number of rotatable bonds is 9. The first-order valence-corrected chi connectivity index (χ1v) is 12.9. The normalized spacial score (nSPS) is 11.0. The van der Waals surface area contributed by atoms with E-state index in [1.54, 1.807) is 31.2 Å². The van der Waals surface area contributed by atoms with E-state index in [1.807, 2.05) is 84.9 Å². The predicted molar refractivity (Wildman–Crippen MR) is 141 cm³/mol. The molecular weight excluding hydrogens is 439 g/mol. The van der Waals surface area contributed by atoms with E-state index in [0.29, 0.717) is 11.5 Å². The average molecular weight is 467 g/mol. The lowest BCUT2D eigenvalue weighted by molar-refractivity contribution is 0.387. The Balaban J connectivity index is 1.44. The van der Waals surface area contributed by atoms with Crippen molar-refractivity contribution in [1.29, 1.82) is 0 Å². The molecule has 0 bridgehead atoms. The van der Waals surface area contributed by atoms with Crippen LogP contribution in [0.2, 0.25) is 0 Å². The minimum absolute atomic E-state index is 0.240. The second-order valence-corrected chi connectivity index (χ2v) is 10.1. The van der Waals surface area contributed by atoms with Gasteiger partial charge in [0, 0.05) is 0 Å². The highest BCUT2D eigenvalue weighted by molar-refractivity contribution is 7.54. The van der Waals surface area contributed by atoms with Crippen molar-refractivity contribution >= 4 is 18.7 Å². The third-order valence-corrected chi connectivity index (χ3v) is 7.28. The fourth-order valence-corrected chi connectivity index (χ4v) is 4.70. The molecule has 0 aliphatic heterocycles. The molecule has 0 radical (unpaired) electrons. The minimum atomic E-state index is -3.38. The van der Waals surface area contributed by atoms with Crippen molar-refractivity contribution in [2.45, 2.75) is 6.92 Å². The Morgan fingerprint density at radius 3 is 1.24 bits per heavy atom. The fraction of sp³-hybridized carbons (Fsp3) is 0.0667. The van der Waals surface area contributed by atoms with Gasteiger partial charge in [0.25, 0.3) is 0 Å². The summed E-state index contributed by atoms with van der Waals surface area (Å²) >= 11 is 0. The summed E-state index contributed by atoms with van der Waals surface area (Å²) in [6.07, 6.45) is 0.240. The maximum atomic E-state index is 13.3. The third-order valence-electron chi connectivity index (χ3n) is 5.53. The molecule has 0 atom stereocenters. The number of hydrogen-bond acceptors (Lipinski definition) is 3. The van der Waals surface area contributed by atoms with Crippen LogP contribution in [0.5, 0.6) is 11.5 Å². The van der Waals surface area contributed by atoms with Gasteiger partial charge in [0.1, 0.15) is 11.5 Å². The lowest BCUT2D eigenvalue weighted by Gasteiger charge is -2.19. The lowest BCUT2D eigenvalue weighted by atomic mass is 10.00. The van der Waals surface area contributed by atoms with E-state index in [2.05, 4.69) is 13.2 Å². The van der Waals surface area contributed by atoms with Crippen molar-refractivity contribution in [2.75, 3.05) is 6.16 Å². The van der Waals surface area contributed by atoms with Crippen LogP contribution in [0, 0.1) is 0 Å². The first-order chi connectivity index (χ1) is 16.5. The van der Waals surface area contributed by atoms with Crippen LogP contribution in [0.1, 0.15) is 29.2 Å². The predicted octanol–water partition coefficient (Wildman–Crippen LogP) is 8.48. The Labute approximate surface area is 201 Å². The van der Waals surface area contributed by atoms with E-state index in [9.17, 15) is 4.57 Å². The molecule has 0 spiro atoms. The molecule has 0 fully saturated rings. The Morgan fingerprint density at radius 2 is 0.912 bits per heavy atom. The molecule has 170 valence electrons. The van der Waals surface area contributed by atoms with Gasteiger partial charge in [0.05, 0.1) is 6.16 Å².